The molecule has 9 heteroatoms. The molecule has 0 saturated carbocycles. The van der Waals surface area contributed by atoms with E-state index in [1.54, 1.807) is 0 Å². The van der Waals surface area contributed by atoms with Crippen LogP contribution in [0.4, 0.5) is 21.8 Å². The summed E-state index contributed by atoms with van der Waals surface area (Å²) in [4.78, 5) is 20.2. The van der Waals surface area contributed by atoms with Crippen molar-refractivity contribution in [2.24, 2.45) is 0 Å². The second kappa shape index (κ2) is 8.02. The molecule has 0 atom stereocenters. The molecule has 0 spiro atoms. The van der Waals surface area contributed by atoms with Gasteiger partial charge in [-0.05, 0) is 44.5 Å². The highest BCUT2D eigenvalue weighted by Crippen LogP contribution is 2.36. The minimum atomic E-state index is -0.465. The number of fused-ring (bicyclic) bond motifs is 3. The second-order valence-electron chi connectivity index (χ2n) is 9.53. The van der Waals surface area contributed by atoms with Crippen LogP contribution in [-0.2, 0) is 12.0 Å². The van der Waals surface area contributed by atoms with E-state index in [4.69, 9.17) is 4.98 Å². The van der Waals surface area contributed by atoms with Gasteiger partial charge < -0.3 is 20.1 Å². The van der Waals surface area contributed by atoms with Crippen LogP contribution in [0, 0.1) is 5.82 Å². The third-order valence-electron chi connectivity index (χ3n) is 6.78. The predicted molar refractivity (Wildman–Crippen MR) is 131 cm³/mol. The van der Waals surface area contributed by atoms with Crippen LogP contribution in [0.5, 0.6) is 0 Å². The van der Waals surface area contributed by atoms with Crippen LogP contribution in [0.2, 0.25) is 0 Å². The summed E-state index contributed by atoms with van der Waals surface area (Å²) in [5, 5.41) is 6.46. The lowest BCUT2D eigenvalue weighted by molar-refractivity contribution is 0.386. The average Bonchev–Trinajstić information content (AvgIpc) is 3.37. The average molecular weight is 459 g/mol. The van der Waals surface area contributed by atoms with E-state index in [-0.39, 0.29) is 11.2 Å². The van der Waals surface area contributed by atoms with Crippen LogP contribution in [-0.4, -0.2) is 50.7 Å². The third kappa shape index (κ3) is 3.66. The van der Waals surface area contributed by atoms with Crippen LogP contribution < -0.4 is 15.5 Å². The molecule has 34 heavy (non-hydrogen) atoms. The van der Waals surface area contributed by atoms with Gasteiger partial charge in [0, 0.05) is 43.7 Å². The summed E-state index contributed by atoms with van der Waals surface area (Å²) in [5.74, 6) is 1.53. The molecule has 0 unspecified atom stereocenters. The molecule has 1 fully saturated rings. The van der Waals surface area contributed by atoms with E-state index in [9.17, 15) is 4.39 Å². The molecule has 2 aliphatic rings. The highest BCUT2D eigenvalue weighted by molar-refractivity contribution is 5.82. The maximum absolute atomic E-state index is 14.8. The van der Waals surface area contributed by atoms with Crippen molar-refractivity contribution in [3.05, 3.63) is 54.4 Å². The predicted octanol–water partition coefficient (Wildman–Crippen LogP) is 3.86. The number of hydrogen-bond acceptors (Lipinski definition) is 7. The van der Waals surface area contributed by atoms with Gasteiger partial charge in [-0.3, -0.25) is 0 Å². The van der Waals surface area contributed by atoms with Gasteiger partial charge in [-0.1, -0.05) is 6.07 Å². The maximum Gasteiger partial charge on any atom is 0.229 e. The second-order valence-corrected chi connectivity index (χ2v) is 9.53. The number of benzene rings is 1. The summed E-state index contributed by atoms with van der Waals surface area (Å²) in [5.41, 5.74) is 3.95. The van der Waals surface area contributed by atoms with Crippen molar-refractivity contribution in [2.45, 2.75) is 32.2 Å². The number of anilines is 3. The van der Waals surface area contributed by atoms with Crippen molar-refractivity contribution in [1.82, 2.24) is 29.8 Å². The quantitative estimate of drug-likeness (QED) is 0.480. The highest BCUT2D eigenvalue weighted by atomic mass is 19.1. The Labute approximate surface area is 197 Å². The fraction of sp³-hybridized carbons (Fsp3) is 0.360. The Balaban J connectivity index is 1.29. The molecule has 5 heterocycles. The van der Waals surface area contributed by atoms with Gasteiger partial charge in [-0.25, -0.2) is 24.3 Å². The number of halogens is 1. The van der Waals surface area contributed by atoms with Crippen LogP contribution >= 0.6 is 0 Å². The molecule has 1 aromatic carbocycles. The summed E-state index contributed by atoms with van der Waals surface area (Å²) in [6.07, 6.45) is 5.04. The van der Waals surface area contributed by atoms with Crippen molar-refractivity contribution in [3.63, 3.8) is 0 Å². The fourth-order valence-electron chi connectivity index (χ4n) is 4.96. The van der Waals surface area contributed by atoms with Gasteiger partial charge in [-0.15, -0.1) is 0 Å². The normalized spacial score (nSPS) is 17.2. The lowest BCUT2D eigenvalue weighted by Crippen LogP contribution is -2.43. The van der Waals surface area contributed by atoms with Gasteiger partial charge in [0.15, 0.2) is 5.82 Å². The lowest BCUT2D eigenvalue weighted by Gasteiger charge is -2.29. The van der Waals surface area contributed by atoms with Gasteiger partial charge >= 0.3 is 0 Å². The van der Waals surface area contributed by atoms with Crippen LogP contribution in [0.3, 0.4) is 0 Å². The topological polar surface area (TPSA) is 83.8 Å². The first kappa shape index (κ1) is 21.0. The van der Waals surface area contributed by atoms with Crippen LogP contribution in [0.25, 0.3) is 22.3 Å². The molecule has 1 saturated heterocycles. The van der Waals surface area contributed by atoms with E-state index >= 15 is 0 Å². The number of rotatable bonds is 4. The largest absolute Gasteiger partial charge is 0.368 e. The molecule has 8 nitrogen and oxygen atoms in total. The Morgan fingerprint density at radius 1 is 1.03 bits per heavy atom. The van der Waals surface area contributed by atoms with E-state index < -0.39 is 5.82 Å². The molecular weight excluding hydrogens is 431 g/mol. The number of hydrogen-bond donors (Lipinski definition) is 2. The number of nitrogens with one attached hydrogen (secondary N) is 2. The number of nitrogens with zero attached hydrogens (tertiary/aromatic N) is 6. The maximum atomic E-state index is 14.8. The first-order chi connectivity index (χ1) is 16.5. The SMILES string of the molecule is CC1(C)CCc2nc3ccc(-c4nc(Nc5ccc(N6CCNCC6)cn5)ncc4F)cc3n21. The molecule has 0 aliphatic carbocycles. The molecule has 174 valence electrons. The van der Waals surface area contributed by atoms with Crippen molar-refractivity contribution < 1.29 is 4.39 Å². The van der Waals surface area contributed by atoms with Gasteiger partial charge in [0.05, 0.1) is 29.1 Å². The Bertz CT molecular complexity index is 1360. The zero-order valence-corrected chi connectivity index (χ0v) is 19.3. The minimum absolute atomic E-state index is 0.0117. The Hall–Kier alpha value is -3.59. The molecule has 6 rings (SSSR count). The van der Waals surface area contributed by atoms with E-state index in [1.165, 1.54) is 6.20 Å². The standard InChI is InChI=1S/C25H27FN8/c1-25(2)8-7-22-30-19-5-3-16(13-20(19)34(22)25)23-18(26)15-29-24(32-23)31-21-6-4-17(14-28-21)33-11-9-27-10-12-33/h3-6,13-15,27H,7-12H2,1-2H3,(H,28,29,31,32). The molecule has 4 aromatic rings. The van der Waals surface area contributed by atoms with Crippen molar-refractivity contribution in [2.75, 3.05) is 36.4 Å². The van der Waals surface area contributed by atoms with E-state index in [2.05, 4.69) is 48.9 Å². The third-order valence-corrected chi connectivity index (χ3v) is 6.78. The first-order valence-electron chi connectivity index (χ1n) is 11.7. The van der Waals surface area contributed by atoms with Crippen molar-refractivity contribution in [1.29, 1.82) is 0 Å². The smallest absolute Gasteiger partial charge is 0.229 e. The van der Waals surface area contributed by atoms with Crippen LogP contribution in [0.15, 0.2) is 42.7 Å². The first-order valence-corrected chi connectivity index (χ1v) is 11.7. The molecule has 0 radical (unpaired) electrons. The number of aromatic nitrogens is 5. The Morgan fingerprint density at radius 3 is 2.68 bits per heavy atom. The zero-order chi connectivity index (χ0) is 23.3. The van der Waals surface area contributed by atoms with E-state index in [0.717, 1.165) is 61.6 Å². The molecular formula is C25H27FN8. The summed E-state index contributed by atoms with van der Waals surface area (Å²) in [7, 11) is 0. The van der Waals surface area contributed by atoms with Crippen LogP contribution in [0.1, 0.15) is 26.1 Å². The molecule has 2 aliphatic heterocycles. The summed E-state index contributed by atoms with van der Waals surface area (Å²) < 4.78 is 17.1. The van der Waals surface area contributed by atoms with Gasteiger partial charge in [-0.2, -0.15) is 0 Å². The number of piperazine rings is 1. The summed E-state index contributed by atoms with van der Waals surface area (Å²) >= 11 is 0. The van der Waals surface area contributed by atoms with Gasteiger partial charge in [0.1, 0.15) is 17.3 Å². The number of pyridine rings is 1. The monoisotopic (exact) mass is 458 g/mol. The fourth-order valence-corrected chi connectivity index (χ4v) is 4.96. The molecule has 0 bridgehead atoms. The zero-order valence-electron chi connectivity index (χ0n) is 19.3. The molecule has 3 aromatic heterocycles. The summed E-state index contributed by atoms with van der Waals surface area (Å²) in [6, 6.07) is 9.72. The van der Waals surface area contributed by atoms with Crippen molar-refractivity contribution >= 4 is 28.5 Å². The van der Waals surface area contributed by atoms with Gasteiger partial charge in [0.25, 0.3) is 0 Å². The summed E-state index contributed by atoms with van der Waals surface area (Å²) in [6.45, 7) is 8.28. The Kier molecular flexibility index (Phi) is 4.95. The lowest BCUT2D eigenvalue weighted by atomic mass is 10.0. The number of imidazole rings is 1. The van der Waals surface area contributed by atoms with E-state index in [1.807, 2.05) is 36.5 Å². The Morgan fingerprint density at radius 2 is 1.88 bits per heavy atom. The van der Waals surface area contributed by atoms with Gasteiger partial charge in [0.2, 0.25) is 5.95 Å². The number of aryl methyl sites for hydroxylation is 1. The minimum Gasteiger partial charge on any atom is -0.368 e. The van der Waals surface area contributed by atoms with E-state index in [0.29, 0.717) is 17.3 Å². The molecule has 0 amide bonds. The van der Waals surface area contributed by atoms with Crippen molar-refractivity contribution in [3.8, 4) is 11.3 Å². The molecule has 2 N–H and O–H groups in total. The highest BCUT2D eigenvalue weighted by Gasteiger charge is 2.32.